The molecule has 2 rings (SSSR count). The van der Waals surface area contributed by atoms with Crippen LogP contribution < -0.4 is 16.6 Å². The summed E-state index contributed by atoms with van der Waals surface area (Å²) in [6.07, 6.45) is 5.04. The maximum Gasteiger partial charge on any atom is 0.205 e. The van der Waals surface area contributed by atoms with E-state index < -0.39 is 0 Å². The largest absolute Gasteiger partial charge is 0.353 e. The zero-order valence-electron chi connectivity index (χ0n) is 11.6. The summed E-state index contributed by atoms with van der Waals surface area (Å²) in [6, 6.07) is 11.0. The van der Waals surface area contributed by atoms with E-state index in [0.29, 0.717) is 12.0 Å². The summed E-state index contributed by atoms with van der Waals surface area (Å²) in [4.78, 5) is 4.55. The van der Waals surface area contributed by atoms with Gasteiger partial charge in [0, 0.05) is 18.5 Å². The third-order valence-corrected chi connectivity index (χ3v) is 3.72. The van der Waals surface area contributed by atoms with Gasteiger partial charge in [0.1, 0.15) is 0 Å². The molecule has 0 bridgehead atoms. The highest BCUT2D eigenvalue weighted by Gasteiger charge is 2.15. The third kappa shape index (κ3) is 4.24. The fraction of sp³-hybridized carbons (Fsp3) is 0.533. The quantitative estimate of drug-likeness (QED) is 0.336. The first-order chi connectivity index (χ1) is 9.29. The first kappa shape index (κ1) is 13.9. The first-order valence-electron chi connectivity index (χ1n) is 7.12. The van der Waals surface area contributed by atoms with Crippen LogP contribution in [-0.2, 0) is 0 Å². The van der Waals surface area contributed by atoms with Gasteiger partial charge in [0.15, 0.2) is 0 Å². The van der Waals surface area contributed by atoms with E-state index in [0.717, 1.165) is 12.5 Å². The topological polar surface area (TPSA) is 62.4 Å². The zero-order chi connectivity index (χ0) is 13.5. The maximum atomic E-state index is 5.53. The van der Waals surface area contributed by atoms with Gasteiger partial charge < -0.3 is 5.32 Å². The molecule has 0 aromatic heterocycles. The Morgan fingerprint density at radius 1 is 1.32 bits per heavy atom. The van der Waals surface area contributed by atoms with Crippen molar-refractivity contribution in [2.24, 2.45) is 10.8 Å². The molecule has 1 aromatic rings. The Hall–Kier alpha value is -1.55. The van der Waals surface area contributed by atoms with Crippen LogP contribution in [0.15, 0.2) is 35.3 Å². The lowest BCUT2D eigenvalue weighted by atomic mass is 10.0. The van der Waals surface area contributed by atoms with Crippen molar-refractivity contribution in [2.45, 2.75) is 44.6 Å². The second-order valence-corrected chi connectivity index (χ2v) is 5.27. The van der Waals surface area contributed by atoms with Crippen molar-refractivity contribution in [3.05, 3.63) is 35.9 Å². The molecule has 19 heavy (non-hydrogen) atoms. The number of nitrogens with zero attached hydrogens (tertiary/aromatic N) is 1. The van der Waals surface area contributed by atoms with Gasteiger partial charge in [0.25, 0.3) is 0 Å². The second-order valence-electron chi connectivity index (χ2n) is 5.27. The molecular formula is C15H24N4. The molecule has 1 unspecified atom stereocenters. The molecule has 0 heterocycles. The molecule has 1 atom stereocenters. The molecule has 0 saturated heterocycles. The van der Waals surface area contributed by atoms with Crippen LogP contribution in [0.5, 0.6) is 0 Å². The summed E-state index contributed by atoms with van der Waals surface area (Å²) >= 11 is 0. The highest BCUT2D eigenvalue weighted by atomic mass is 15.3. The minimum atomic E-state index is 0.398. The number of hydrazine groups is 1. The summed E-state index contributed by atoms with van der Waals surface area (Å²) in [5, 5.41) is 3.39. The highest BCUT2D eigenvalue weighted by Crippen LogP contribution is 2.18. The van der Waals surface area contributed by atoms with Gasteiger partial charge in [0.2, 0.25) is 5.96 Å². The van der Waals surface area contributed by atoms with E-state index in [-0.39, 0.29) is 0 Å². The summed E-state index contributed by atoms with van der Waals surface area (Å²) in [5.74, 6) is 6.65. The lowest BCUT2D eigenvalue weighted by molar-refractivity contribution is 0.612. The number of benzene rings is 1. The van der Waals surface area contributed by atoms with E-state index in [2.05, 4.69) is 46.9 Å². The van der Waals surface area contributed by atoms with Crippen LogP contribution in [0.4, 0.5) is 0 Å². The van der Waals surface area contributed by atoms with Crippen molar-refractivity contribution < 1.29 is 0 Å². The Balaban J connectivity index is 1.87. The van der Waals surface area contributed by atoms with Crippen LogP contribution in [-0.4, -0.2) is 18.5 Å². The van der Waals surface area contributed by atoms with E-state index in [1.165, 1.54) is 31.2 Å². The molecule has 1 saturated carbocycles. The molecule has 0 spiro atoms. The number of nitrogens with two attached hydrogens (primary N) is 1. The molecule has 4 nitrogen and oxygen atoms in total. The van der Waals surface area contributed by atoms with Gasteiger partial charge in [-0.1, -0.05) is 50.1 Å². The smallest absolute Gasteiger partial charge is 0.205 e. The van der Waals surface area contributed by atoms with E-state index in [1.807, 2.05) is 6.07 Å². The lowest BCUT2D eigenvalue weighted by Crippen LogP contribution is -2.45. The van der Waals surface area contributed by atoms with Gasteiger partial charge in [-0.25, -0.2) is 5.84 Å². The predicted octanol–water partition coefficient (Wildman–Crippen LogP) is 2.14. The van der Waals surface area contributed by atoms with Crippen LogP contribution in [0, 0.1) is 0 Å². The number of hydrogen-bond acceptors (Lipinski definition) is 2. The molecule has 1 aromatic carbocycles. The number of aliphatic imine (C=N–C) groups is 1. The van der Waals surface area contributed by atoms with Crippen LogP contribution in [0.3, 0.4) is 0 Å². The van der Waals surface area contributed by atoms with Crippen LogP contribution in [0.25, 0.3) is 0 Å². The highest BCUT2D eigenvalue weighted by molar-refractivity contribution is 5.79. The molecule has 0 aliphatic heterocycles. The van der Waals surface area contributed by atoms with E-state index >= 15 is 0 Å². The fourth-order valence-corrected chi connectivity index (χ4v) is 2.51. The molecule has 1 aliphatic rings. The third-order valence-electron chi connectivity index (χ3n) is 3.72. The van der Waals surface area contributed by atoms with Crippen molar-refractivity contribution in [3.63, 3.8) is 0 Å². The summed E-state index contributed by atoms with van der Waals surface area (Å²) in [6.45, 7) is 2.92. The minimum absolute atomic E-state index is 0.398. The summed E-state index contributed by atoms with van der Waals surface area (Å²) < 4.78 is 0. The Morgan fingerprint density at radius 3 is 2.63 bits per heavy atom. The predicted molar refractivity (Wildman–Crippen MR) is 79.9 cm³/mol. The zero-order valence-corrected chi connectivity index (χ0v) is 11.6. The molecule has 1 fully saturated rings. The van der Waals surface area contributed by atoms with Crippen LogP contribution >= 0.6 is 0 Å². The summed E-state index contributed by atoms with van der Waals surface area (Å²) in [7, 11) is 0. The van der Waals surface area contributed by atoms with E-state index in [4.69, 9.17) is 5.84 Å². The van der Waals surface area contributed by atoms with Crippen molar-refractivity contribution in [1.29, 1.82) is 0 Å². The maximum absolute atomic E-state index is 5.53. The molecule has 104 valence electrons. The SMILES string of the molecule is CC(CN=C(NN)NC1CCCC1)c1ccccc1. The average Bonchev–Trinajstić information content (AvgIpc) is 2.97. The molecule has 0 amide bonds. The van der Waals surface area contributed by atoms with Crippen molar-refractivity contribution >= 4 is 5.96 Å². The number of rotatable bonds is 4. The Bertz CT molecular complexity index is 396. The Labute approximate surface area is 115 Å². The number of hydrogen-bond donors (Lipinski definition) is 3. The first-order valence-corrected chi connectivity index (χ1v) is 7.12. The normalized spacial score (nSPS) is 18.3. The number of guanidine groups is 1. The van der Waals surface area contributed by atoms with Crippen LogP contribution in [0.2, 0.25) is 0 Å². The Kier molecular flexibility index (Phi) is 5.21. The second kappa shape index (κ2) is 7.14. The molecule has 1 aliphatic carbocycles. The van der Waals surface area contributed by atoms with Crippen molar-refractivity contribution in [1.82, 2.24) is 10.7 Å². The van der Waals surface area contributed by atoms with Gasteiger partial charge in [-0.3, -0.25) is 10.4 Å². The standard InChI is InChI=1S/C15H24N4/c1-12(13-7-3-2-4-8-13)11-17-15(19-16)18-14-9-5-6-10-14/h2-4,7-8,12,14H,5-6,9-11,16H2,1H3,(H2,17,18,19). The van der Waals surface area contributed by atoms with E-state index in [9.17, 15) is 0 Å². The fourth-order valence-electron chi connectivity index (χ4n) is 2.51. The van der Waals surface area contributed by atoms with Crippen molar-refractivity contribution in [3.8, 4) is 0 Å². The molecule has 0 radical (unpaired) electrons. The van der Waals surface area contributed by atoms with Gasteiger partial charge >= 0.3 is 0 Å². The van der Waals surface area contributed by atoms with E-state index in [1.54, 1.807) is 0 Å². The minimum Gasteiger partial charge on any atom is -0.353 e. The Morgan fingerprint density at radius 2 is 2.00 bits per heavy atom. The molecule has 4 N–H and O–H groups in total. The van der Waals surface area contributed by atoms with Gasteiger partial charge in [-0.05, 0) is 18.4 Å². The van der Waals surface area contributed by atoms with Gasteiger partial charge in [0.05, 0.1) is 0 Å². The van der Waals surface area contributed by atoms with Gasteiger partial charge in [-0.2, -0.15) is 0 Å². The average molecular weight is 260 g/mol. The number of nitrogens with one attached hydrogen (secondary N) is 2. The monoisotopic (exact) mass is 260 g/mol. The molecule has 4 heteroatoms. The lowest BCUT2D eigenvalue weighted by Gasteiger charge is -2.16. The summed E-state index contributed by atoms with van der Waals surface area (Å²) in [5.41, 5.74) is 3.98. The van der Waals surface area contributed by atoms with Gasteiger partial charge in [-0.15, -0.1) is 0 Å². The molecular weight excluding hydrogens is 236 g/mol. The van der Waals surface area contributed by atoms with Crippen molar-refractivity contribution in [2.75, 3.05) is 6.54 Å². The van der Waals surface area contributed by atoms with Crippen LogP contribution in [0.1, 0.15) is 44.1 Å².